The lowest BCUT2D eigenvalue weighted by Gasteiger charge is -2.11. The van der Waals surface area contributed by atoms with E-state index in [1.807, 2.05) is 12.1 Å². The minimum atomic E-state index is 0.637. The molecule has 0 aliphatic rings. The van der Waals surface area contributed by atoms with Gasteiger partial charge in [0.15, 0.2) is 5.11 Å². The van der Waals surface area contributed by atoms with Gasteiger partial charge in [-0.3, -0.25) is 0 Å². The number of thiocarbonyl (C=S) groups is 1. The smallest absolute Gasteiger partial charge is 0.171 e. The summed E-state index contributed by atoms with van der Waals surface area (Å²) in [5, 5.41) is 8.37. The Morgan fingerprint density at radius 3 is 2.52 bits per heavy atom. The van der Waals surface area contributed by atoms with Crippen molar-refractivity contribution in [1.29, 1.82) is 0 Å². The van der Waals surface area contributed by atoms with Crippen molar-refractivity contribution in [3.63, 3.8) is 0 Å². The highest BCUT2D eigenvalue weighted by Crippen LogP contribution is 2.19. The van der Waals surface area contributed by atoms with Crippen LogP contribution >= 0.6 is 12.2 Å². The van der Waals surface area contributed by atoms with E-state index < -0.39 is 0 Å². The maximum absolute atomic E-state index is 5.36. The summed E-state index contributed by atoms with van der Waals surface area (Å²) in [5.41, 5.74) is 5.98. The molecule has 2 N–H and O–H groups in total. The van der Waals surface area contributed by atoms with Crippen LogP contribution in [0.4, 0.5) is 5.69 Å². The van der Waals surface area contributed by atoms with E-state index in [0.29, 0.717) is 11.7 Å². The van der Waals surface area contributed by atoms with Crippen molar-refractivity contribution in [1.82, 2.24) is 9.88 Å². The molecule has 0 unspecified atom stereocenters. The van der Waals surface area contributed by atoms with E-state index in [0.717, 1.165) is 5.69 Å². The average molecular weight is 323 g/mol. The first-order valence-electron chi connectivity index (χ1n) is 7.69. The molecule has 0 amide bonds. The van der Waals surface area contributed by atoms with E-state index >= 15 is 0 Å². The third-order valence-corrected chi connectivity index (χ3v) is 4.36. The molecule has 118 valence electrons. The molecule has 3 rings (SSSR count). The van der Waals surface area contributed by atoms with E-state index in [-0.39, 0.29) is 0 Å². The molecule has 3 aromatic rings. The Labute approximate surface area is 142 Å². The van der Waals surface area contributed by atoms with Crippen molar-refractivity contribution in [2.45, 2.75) is 20.4 Å². The zero-order chi connectivity index (χ0) is 16.4. The Morgan fingerprint density at radius 1 is 1.04 bits per heavy atom. The molecule has 23 heavy (non-hydrogen) atoms. The number of hydrogen-bond donors (Lipinski definition) is 2. The van der Waals surface area contributed by atoms with Crippen molar-refractivity contribution in [2.24, 2.45) is 7.05 Å². The molecule has 3 nitrogen and oxygen atoms in total. The molecule has 0 spiro atoms. The minimum Gasteiger partial charge on any atom is -0.358 e. The second-order valence-corrected chi connectivity index (χ2v) is 6.32. The first-order valence-corrected chi connectivity index (χ1v) is 8.10. The van der Waals surface area contributed by atoms with Gasteiger partial charge in [-0.15, -0.1) is 0 Å². The third kappa shape index (κ3) is 3.54. The van der Waals surface area contributed by atoms with E-state index in [1.54, 1.807) is 0 Å². The summed E-state index contributed by atoms with van der Waals surface area (Å²) in [7, 11) is 2.09. The molecule has 0 saturated heterocycles. The van der Waals surface area contributed by atoms with Gasteiger partial charge in [-0.05, 0) is 62.0 Å². The molecule has 0 saturated carbocycles. The standard InChI is InChI=1S/C19H21N3S/c1-13-4-7-17(8-5-13)21-19(23)20-12-15-6-9-18-16(11-15)10-14(2)22(18)3/h4-11H,12H2,1-3H3,(H2,20,21,23). The first kappa shape index (κ1) is 15.6. The van der Waals surface area contributed by atoms with Gasteiger partial charge in [0.05, 0.1) is 0 Å². The van der Waals surface area contributed by atoms with Crippen LogP contribution in [-0.4, -0.2) is 9.68 Å². The number of hydrogen-bond acceptors (Lipinski definition) is 1. The van der Waals surface area contributed by atoms with Crippen LogP contribution in [0, 0.1) is 13.8 Å². The van der Waals surface area contributed by atoms with E-state index in [9.17, 15) is 0 Å². The molecule has 1 aromatic heterocycles. The number of aromatic nitrogens is 1. The fourth-order valence-corrected chi connectivity index (χ4v) is 2.83. The van der Waals surface area contributed by atoms with Gasteiger partial charge in [0.25, 0.3) is 0 Å². The lowest BCUT2D eigenvalue weighted by atomic mass is 10.1. The van der Waals surface area contributed by atoms with E-state index in [4.69, 9.17) is 12.2 Å². The molecule has 0 aliphatic carbocycles. The van der Waals surface area contributed by atoms with Crippen molar-refractivity contribution >= 4 is 33.9 Å². The van der Waals surface area contributed by atoms with E-state index in [2.05, 4.69) is 72.5 Å². The van der Waals surface area contributed by atoms with Gasteiger partial charge in [-0.1, -0.05) is 23.8 Å². The van der Waals surface area contributed by atoms with Crippen molar-refractivity contribution in [3.8, 4) is 0 Å². The van der Waals surface area contributed by atoms with Gasteiger partial charge in [-0.2, -0.15) is 0 Å². The number of nitrogens with one attached hydrogen (secondary N) is 2. The van der Waals surface area contributed by atoms with Crippen LogP contribution < -0.4 is 10.6 Å². The van der Waals surface area contributed by atoms with Gasteiger partial charge in [-0.25, -0.2) is 0 Å². The Balaban J connectivity index is 1.63. The molecule has 1 heterocycles. The molecule has 4 heteroatoms. The summed E-state index contributed by atoms with van der Waals surface area (Å²) in [6, 6.07) is 16.9. The minimum absolute atomic E-state index is 0.637. The topological polar surface area (TPSA) is 29.0 Å². The largest absolute Gasteiger partial charge is 0.358 e. The number of benzene rings is 2. The summed E-state index contributed by atoms with van der Waals surface area (Å²) in [6.07, 6.45) is 0. The molecule has 0 aliphatic heterocycles. The third-order valence-electron chi connectivity index (χ3n) is 4.11. The van der Waals surface area contributed by atoms with Crippen LogP contribution in [0.2, 0.25) is 0 Å². The van der Waals surface area contributed by atoms with Gasteiger partial charge in [0.2, 0.25) is 0 Å². The highest BCUT2D eigenvalue weighted by molar-refractivity contribution is 7.80. The number of nitrogens with zero attached hydrogens (tertiary/aromatic N) is 1. The lowest BCUT2D eigenvalue weighted by Crippen LogP contribution is -2.27. The van der Waals surface area contributed by atoms with Crippen molar-refractivity contribution in [3.05, 3.63) is 65.4 Å². The van der Waals surface area contributed by atoms with Crippen LogP contribution in [0.5, 0.6) is 0 Å². The summed E-state index contributed by atoms with van der Waals surface area (Å²) in [6.45, 7) is 4.90. The summed E-state index contributed by atoms with van der Waals surface area (Å²) in [5.74, 6) is 0. The zero-order valence-electron chi connectivity index (χ0n) is 13.7. The molecule has 2 aromatic carbocycles. The number of aryl methyl sites for hydroxylation is 3. The van der Waals surface area contributed by atoms with Crippen LogP contribution in [0.15, 0.2) is 48.5 Å². The number of rotatable bonds is 3. The summed E-state index contributed by atoms with van der Waals surface area (Å²) >= 11 is 5.36. The maximum Gasteiger partial charge on any atom is 0.171 e. The van der Waals surface area contributed by atoms with E-state index in [1.165, 1.54) is 27.7 Å². The summed E-state index contributed by atoms with van der Waals surface area (Å²) < 4.78 is 2.20. The first-order chi connectivity index (χ1) is 11.0. The highest BCUT2D eigenvalue weighted by Gasteiger charge is 2.04. The van der Waals surface area contributed by atoms with Crippen molar-refractivity contribution < 1.29 is 0 Å². The predicted molar refractivity (Wildman–Crippen MR) is 102 cm³/mol. The molecular formula is C19H21N3S. The Hall–Kier alpha value is -2.33. The number of anilines is 1. The molecular weight excluding hydrogens is 302 g/mol. The second kappa shape index (κ2) is 6.42. The monoisotopic (exact) mass is 323 g/mol. The van der Waals surface area contributed by atoms with Crippen LogP contribution in [0.25, 0.3) is 10.9 Å². The summed E-state index contributed by atoms with van der Waals surface area (Å²) in [4.78, 5) is 0. The second-order valence-electron chi connectivity index (χ2n) is 5.91. The predicted octanol–water partition coefficient (Wildman–Crippen LogP) is 4.28. The Morgan fingerprint density at radius 2 is 1.78 bits per heavy atom. The van der Waals surface area contributed by atoms with Crippen molar-refractivity contribution in [2.75, 3.05) is 5.32 Å². The normalized spacial score (nSPS) is 10.7. The Kier molecular flexibility index (Phi) is 4.35. The van der Waals surface area contributed by atoms with Gasteiger partial charge in [0, 0.05) is 35.9 Å². The fourth-order valence-electron chi connectivity index (χ4n) is 2.64. The SMILES string of the molecule is Cc1ccc(NC(=S)NCc2ccc3c(c2)cc(C)n3C)cc1. The Bertz CT molecular complexity index is 847. The van der Waals surface area contributed by atoms with Crippen LogP contribution in [-0.2, 0) is 13.6 Å². The fraction of sp³-hybridized carbons (Fsp3) is 0.211. The maximum atomic E-state index is 5.36. The molecule has 0 atom stereocenters. The quantitative estimate of drug-likeness (QED) is 0.705. The average Bonchev–Trinajstić information content (AvgIpc) is 2.82. The molecule has 0 radical (unpaired) electrons. The zero-order valence-corrected chi connectivity index (χ0v) is 14.5. The number of fused-ring (bicyclic) bond motifs is 1. The van der Waals surface area contributed by atoms with Crippen LogP contribution in [0.1, 0.15) is 16.8 Å². The van der Waals surface area contributed by atoms with Gasteiger partial charge < -0.3 is 15.2 Å². The molecule has 0 bridgehead atoms. The molecule has 0 fully saturated rings. The lowest BCUT2D eigenvalue weighted by molar-refractivity contribution is 0.913. The highest BCUT2D eigenvalue weighted by atomic mass is 32.1. The van der Waals surface area contributed by atoms with Crippen LogP contribution in [0.3, 0.4) is 0 Å². The van der Waals surface area contributed by atoms with Gasteiger partial charge in [0.1, 0.15) is 0 Å². The van der Waals surface area contributed by atoms with Gasteiger partial charge >= 0.3 is 0 Å².